The van der Waals surface area contributed by atoms with E-state index in [0.717, 1.165) is 11.1 Å². The molecule has 2 aromatic carbocycles. The Bertz CT molecular complexity index is 1210. The molecule has 1 aliphatic heterocycles. The van der Waals surface area contributed by atoms with Crippen molar-refractivity contribution in [2.75, 3.05) is 45.3 Å². The van der Waals surface area contributed by atoms with Crippen LogP contribution in [0.5, 0.6) is 11.5 Å². The number of aromatic nitrogens is 2. The van der Waals surface area contributed by atoms with Crippen LogP contribution in [0.2, 0.25) is 0 Å². The lowest BCUT2D eigenvalue weighted by Gasteiger charge is -2.33. The average Bonchev–Trinajstić information content (AvgIpc) is 2.88. The van der Waals surface area contributed by atoms with E-state index < -0.39 is 10.0 Å². The zero-order valence-corrected chi connectivity index (χ0v) is 19.4. The molecule has 0 amide bonds. The quantitative estimate of drug-likeness (QED) is 0.528. The van der Waals surface area contributed by atoms with Gasteiger partial charge in [-0.1, -0.05) is 30.3 Å². The summed E-state index contributed by atoms with van der Waals surface area (Å²) in [5.74, 6) is 2.09. The van der Waals surface area contributed by atoms with E-state index in [2.05, 4.69) is 10.2 Å². The lowest BCUT2D eigenvalue weighted by Crippen LogP contribution is -2.48. The lowest BCUT2D eigenvalue weighted by molar-refractivity contribution is 0.388. The molecule has 0 bridgehead atoms. The van der Waals surface area contributed by atoms with Gasteiger partial charge >= 0.3 is 0 Å². The maximum absolute atomic E-state index is 12.7. The molecule has 33 heavy (non-hydrogen) atoms. The summed E-state index contributed by atoms with van der Waals surface area (Å²) in [6.45, 7) is 1.84. The Kier molecular flexibility index (Phi) is 6.90. The smallest absolute Gasteiger partial charge is 0.236 e. The van der Waals surface area contributed by atoms with Crippen molar-refractivity contribution in [3.05, 3.63) is 71.6 Å². The van der Waals surface area contributed by atoms with E-state index in [-0.39, 0.29) is 0 Å². The van der Waals surface area contributed by atoms with Crippen molar-refractivity contribution in [2.45, 2.75) is 0 Å². The normalized spacial score (nSPS) is 15.0. The van der Waals surface area contributed by atoms with E-state index >= 15 is 0 Å². The number of benzene rings is 2. The van der Waals surface area contributed by atoms with Crippen LogP contribution in [0.25, 0.3) is 17.3 Å². The van der Waals surface area contributed by atoms with E-state index in [1.54, 1.807) is 20.3 Å². The second-order valence-electron chi connectivity index (χ2n) is 7.49. The Balaban J connectivity index is 1.42. The molecule has 0 unspecified atom stereocenters. The van der Waals surface area contributed by atoms with E-state index in [0.29, 0.717) is 49.2 Å². The minimum atomic E-state index is -3.48. The van der Waals surface area contributed by atoms with Gasteiger partial charge in [0.1, 0.15) is 11.5 Å². The topological polar surface area (TPSA) is 84.9 Å². The highest BCUT2D eigenvalue weighted by molar-refractivity contribution is 7.92. The van der Waals surface area contributed by atoms with E-state index in [1.165, 1.54) is 9.71 Å². The van der Waals surface area contributed by atoms with Crippen molar-refractivity contribution in [3.8, 4) is 22.8 Å². The summed E-state index contributed by atoms with van der Waals surface area (Å²) in [6.07, 6.45) is 1.62. The third-order valence-corrected chi connectivity index (χ3v) is 7.05. The van der Waals surface area contributed by atoms with Gasteiger partial charge < -0.3 is 14.4 Å². The van der Waals surface area contributed by atoms with Crippen LogP contribution >= 0.6 is 0 Å². The molecule has 4 rings (SSSR count). The number of methoxy groups -OCH3 is 2. The van der Waals surface area contributed by atoms with Gasteiger partial charge in [0.05, 0.1) is 19.9 Å². The number of hydrogen-bond donors (Lipinski definition) is 0. The zero-order chi connectivity index (χ0) is 23.3. The molecule has 9 heteroatoms. The summed E-state index contributed by atoms with van der Waals surface area (Å²) >= 11 is 0. The van der Waals surface area contributed by atoms with Crippen LogP contribution in [0.1, 0.15) is 5.56 Å². The molecule has 0 saturated carbocycles. The first-order chi connectivity index (χ1) is 16.0. The summed E-state index contributed by atoms with van der Waals surface area (Å²) in [5.41, 5.74) is 2.31. The number of hydrogen-bond acceptors (Lipinski definition) is 7. The van der Waals surface area contributed by atoms with Crippen molar-refractivity contribution < 1.29 is 17.9 Å². The number of anilines is 1. The molecule has 0 aliphatic carbocycles. The molecule has 1 aliphatic rings. The standard InChI is InChI=1S/C24H26N4O4S/c1-31-20-8-10-23(32-2)21(18-20)22-9-11-24(26-25-22)27-13-15-28(16-14-27)33(29,30)17-12-19-6-4-3-5-7-19/h3-12,17-18H,13-16H2,1-2H3/b17-12-. The largest absolute Gasteiger partial charge is 0.497 e. The van der Waals surface area contributed by atoms with Crippen LogP contribution in [-0.4, -0.2) is 63.3 Å². The summed E-state index contributed by atoms with van der Waals surface area (Å²) in [4.78, 5) is 2.03. The minimum Gasteiger partial charge on any atom is -0.497 e. The maximum Gasteiger partial charge on any atom is 0.236 e. The van der Waals surface area contributed by atoms with Gasteiger partial charge in [0.2, 0.25) is 10.0 Å². The molecule has 0 spiro atoms. The summed E-state index contributed by atoms with van der Waals surface area (Å²) < 4.78 is 37.6. The van der Waals surface area contributed by atoms with Gasteiger partial charge in [0.25, 0.3) is 0 Å². The molecule has 172 valence electrons. The molecular formula is C24H26N4O4S. The summed E-state index contributed by atoms with van der Waals surface area (Å²) in [7, 11) is -0.264. The van der Waals surface area contributed by atoms with Gasteiger partial charge in [0, 0.05) is 37.2 Å². The second-order valence-corrected chi connectivity index (χ2v) is 9.31. The fraction of sp³-hybridized carbons (Fsp3) is 0.250. The fourth-order valence-electron chi connectivity index (χ4n) is 3.64. The van der Waals surface area contributed by atoms with Gasteiger partial charge in [-0.05, 0) is 42.0 Å². The highest BCUT2D eigenvalue weighted by Gasteiger charge is 2.26. The maximum atomic E-state index is 12.7. The van der Waals surface area contributed by atoms with Gasteiger partial charge in [-0.25, -0.2) is 8.42 Å². The predicted molar refractivity (Wildman–Crippen MR) is 129 cm³/mol. The molecule has 1 saturated heterocycles. The zero-order valence-electron chi connectivity index (χ0n) is 18.6. The molecule has 0 atom stereocenters. The molecule has 2 heterocycles. The molecular weight excluding hydrogens is 440 g/mol. The highest BCUT2D eigenvalue weighted by atomic mass is 32.2. The van der Waals surface area contributed by atoms with Crippen molar-refractivity contribution >= 4 is 21.9 Å². The predicted octanol–water partition coefficient (Wildman–Crippen LogP) is 3.28. The van der Waals surface area contributed by atoms with Crippen LogP contribution in [0, 0.1) is 0 Å². The highest BCUT2D eigenvalue weighted by Crippen LogP contribution is 2.32. The van der Waals surface area contributed by atoms with Crippen molar-refractivity contribution in [2.24, 2.45) is 0 Å². The Hall–Kier alpha value is -3.43. The second kappa shape index (κ2) is 10.0. The third kappa shape index (κ3) is 5.32. The molecule has 0 N–H and O–H groups in total. The van der Waals surface area contributed by atoms with E-state index in [1.807, 2.05) is 65.6 Å². The molecule has 3 aromatic rings. The molecule has 0 radical (unpaired) electrons. The number of piperazine rings is 1. The molecule has 1 aromatic heterocycles. The fourth-order valence-corrected chi connectivity index (χ4v) is 4.81. The van der Waals surface area contributed by atoms with E-state index in [4.69, 9.17) is 9.47 Å². The number of sulfonamides is 1. The van der Waals surface area contributed by atoms with Crippen molar-refractivity contribution in [1.29, 1.82) is 0 Å². The Morgan fingerprint density at radius 3 is 2.27 bits per heavy atom. The summed E-state index contributed by atoms with van der Waals surface area (Å²) in [6, 6.07) is 18.7. The van der Waals surface area contributed by atoms with Crippen LogP contribution in [0.15, 0.2) is 66.1 Å². The van der Waals surface area contributed by atoms with Crippen LogP contribution in [0.4, 0.5) is 5.82 Å². The summed E-state index contributed by atoms with van der Waals surface area (Å²) in [5, 5.41) is 10.0. The first kappa shape index (κ1) is 22.8. The third-order valence-electron chi connectivity index (χ3n) is 5.49. The number of rotatable bonds is 7. The Labute approximate surface area is 194 Å². The van der Waals surface area contributed by atoms with Crippen LogP contribution in [-0.2, 0) is 10.0 Å². The first-order valence-electron chi connectivity index (χ1n) is 10.5. The van der Waals surface area contributed by atoms with Crippen LogP contribution in [0.3, 0.4) is 0 Å². The van der Waals surface area contributed by atoms with Gasteiger partial charge in [-0.15, -0.1) is 10.2 Å². The molecule has 8 nitrogen and oxygen atoms in total. The van der Waals surface area contributed by atoms with Gasteiger partial charge in [0.15, 0.2) is 5.82 Å². The lowest BCUT2D eigenvalue weighted by atomic mass is 10.1. The van der Waals surface area contributed by atoms with Crippen molar-refractivity contribution in [3.63, 3.8) is 0 Å². The molecule has 1 fully saturated rings. The van der Waals surface area contributed by atoms with Crippen molar-refractivity contribution in [1.82, 2.24) is 14.5 Å². The monoisotopic (exact) mass is 466 g/mol. The Morgan fingerprint density at radius 1 is 0.879 bits per heavy atom. The SMILES string of the molecule is COc1ccc(OC)c(-c2ccc(N3CCN(S(=O)(=O)/C=C\c4ccccc4)CC3)nn2)c1. The van der Waals surface area contributed by atoms with Crippen LogP contribution < -0.4 is 14.4 Å². The van der Waals surface area contributed by atoms with Gasteiger partial charge in [-0.3, -0.25) is 0 Å². The Morgan fingerprint density at radius 2 is 1.64 bits per heavy atom. The first-order valence-corrected chi connectivity index (χ1v) is 12.0. The number of nitrogens with zero attached hydrogens (tertiary/aromatic N) is 4. The number of ether oxygens (including phenoxy) is 2. The average molecular weight is 467 g/mol. The minimum absolute atomic E-state index is 0.384. The van der Waals surface area contributed by atoms with E-state index in [9.17, 15) is 8.42 Å². The van der Waals surface area contributed by atoms with Gasteiger partial charge in [-0.2, -0.15) is 4.31 Å².